The molecule has 1 N–H and O–H groups in total. The van der Waals surface area contributed by atoms with Gasteiger partial charge in [-0.3, -0.25) is 24.1 Å². The number of hydrogen-bond donors (Lipinski definition) is 1. The number of halogens is 3. The number of rotatable bonds is 9. The molecule has 4 aromatic carbocycles. The van der Waals surface area contributed by atoms with E-state index in [0.717, 1.165) is 22.3 Å². The minimum Gasteiger partial charge on any atom is -0.325 e. The second kappa shape index (κ2) is 11.7. The molecule has 6 nitrogen and oxygen atoms in total. The summed E-state index contributed by atoms with van der Waals surface area (Å²) < 4.78 is 0. The van der Waals surface area contributed by atoms with Crippen LogP contribution in [0.3, 0.4) is 0 Å². The Labute approximate surface area is 281 Å². The number of amides is 3. The van der Waals surface area contributed by atoms with Crippen molar-refractivity contribution in [1.82, 2.24) is 4.90 Å². The lowest BCUT2D eigenvalue weighted by Gasteiger charge is -2.54. The summed E-state index contributed by atoms with van der Waals surface area (Å²) in [6.07, 6.45) is 1.86. The third-order valence-corrected chi connectivity index (χ3v) is 11.0. The van der Waals surface area contributed by atoms with E-state index in [9.17, 15) is 19.2 Å². The van der Waals surface area contributed by atoms with Crippen molar-refractivity contribution >= 4 is 64.0 Å². The number of ketones is 1. The van der Waals surface area contributed by atoms with Gasteiger partial charge in [0.25, 0.3) is 0 Å². The summed E-state index contributed by atoms with van der Waals surface area (Å²) in [5.74, 6) is -2.74. The summed E-state index contributed by atoms with van der Waals surface area (Å²) >= 11 is 21.1. The standard InChI is InChI=1S/C37H29Cl3N2O4/c38-23-18-19-29(24(21-23)33(44)22-11-3-1-4-12-22)41-30(43)17-5-2-10-20-42-34(45)31-32(35(42)46)37(40)26-14-7-6-13-25(26)36(31,39)27-15-8-9-16-28(27)37/h1,3-4,6-9,11-16,18-19,21,31-32H,2,5,10,17,20H2,(H,41,43)/t31-,32+,36?,37?. The average Bonchev–Trinajstić information content (AvgIpc) is 3.34. The number of likely N-dealkylation sites (tertiary alicyclic amines) is 1. The van der Waals surface area contributed by atoms with Crippen LogP contribution < -0.4 is 5.32 Å². The van der Waals surface area contributed by atoms with Gasteiger partial charge in [0.05, 0.1) is 17.5 Å². The smallest absolute Gasteiger partial charge is 0.235 e. The normalized spacial score (nSPS) is 23.9. The summed E-state index contributed by atoms with van der Waals surface area (Å²) in [6.45, 7) is 0.214. The number of anilines is 1. The zero-order valence-corrected chi connectivity index (χ0v) is 26.9. The number of carbonyl (C=O) groups is 4. The zero-order valence-electron chi connectivity index (χ0n) is 24.6. The van der Waals surface area contributed by atoms with Crippen molar-refractivity contribution < 1.29 is 19.2 Å². The number of alkyl halides is 2. The first kappa shape index (κ1) is 30.7. The van der Waals surface area contributed by atoms with Crippen molar-refractivity contribution in [2.24, 2.45) is 11.8 Å². The van der Waals surface area contributed by atoms with Gasteiger partial charge in [-0.05, 0) is 53.3 Å². The second-order valence-electron chi connectivity index (χ2n) is 12.0. The van der Waals surface area contributed by atoms with Crippen LogP contribution in [0.5, 0.6) is 0 Å². The van der Waals surface area contributed by atoms with E-state index in [2.05, 4.69) is 5.32 Å². The largest absolute Gasteiger partial charge is 0.325 e. The third-order valence-electron chi connectivity index (χ3n) is 9.50. The first-order valence-electron chi connectivity index (χ1n) is 15.3. The minimum atomic E-state index is -1.20. The lowest BCUT2D eigenvalue weighted by Crippen LogP contribution is -2.57. The molecule has 1 aliphatic heterocycles. The number of nitrogens with zero attached hydrogens (tertiary/aromatic N) is 1. The Morgan fingerprint density at radius 3 is 1.76 bits per heavy atom. The van der Waals surface area contributed by atoms with E-state index < -0.39 is 21.6 Å². The Bertz CT molecular complexity index is 1790. The highest BCUT2D eigenvalue weighted by atomic mass is 35.5. The van der Waals surface area contributed by atoms with Crippen LogP contribution >= 0.6 is 34.8 Å². The Morgan fingerprint density at radius 2 is 1.22 bits per heavy atom. The van der Waals surface area contributed by atoms with Crippen molar-refractivity contribution in [3.8, 4) is 0 Å². The molecule has 232 valence electrons. The predicted octanol–water partition coefficient (Wildman–Crippen LogP) is 7.66. The first-order valence-corrected chi connectivity index (χ1v) is 16.4. The fraction of sp³-hybridized carbons (Fsp3) is 0.243. The van der Waals surface area contributed by atoms with Crippen molar-refractivity contribution in [3.63, 3.8) is 0 Å². The molecule has 0 aromatic heterocycles. The molecule has 46 heavy (non-hydrogen) atoms. The molecular formula is C37H29Cl3N2O4. The molecule has 1 fully saturated rings. The number of hydrogen-bond acceptors (Lipinski definition) is 4. The third kappa shape index (κ3) is 4.61. The first-order chi connectivity index (χ1) is 22.2. The van der Waals surface area contributed by atoms with Crippen molar-refractivity contribution in [2.75, 3.05) is 11.9 Å². The van der Waals surface area contributed by atoms with Crippen molar-refractivity contribution in [2.45, 2.75) is 35.4 Å². The fourth-order valence-electron chi connectivity index (χ4n) is 7.45. The molecule has 8 rings (SSSR count). The van der Waals surface area contributed by atoms with E-state index in [4.69, 9.17) is 34.8 Å². The van der Waals surface area contributed by atoms with E-state index in [-0.39, 0.29) is 36.5 Å². The quantitative estimate of drug-likeness (QED) is 0.0857. The molecule has 3 aliphatic carbocycles. The molecule has 1 heterocycles. The van der Waals surface area contributed by atoms with E-state index in [1.54, 1.807) is 42.5 Å². The van der Waals surface area contributed by atoms with E-state index >= 15 is 0 Å². The maximum absolute atomic E-state index is 14.0. The predicted molar refractivity (Wildman–Crippen MR) is 178 cm³/mol. The molecule has 2 bridgehead atoms. The lowest BCUT2D eigenvalue weighted by atomic mass is 9.54. The maximum atomic E-state index is 14.0. The Hall–Kier alpha value is -3.97. The molecule has 0 saturated carbocycles. The van der Waals surface area contributed by atoms with Crippen molar-refractivity contribution in [3.05, 3.63) is 135 Å². The number of benzene rings is 4. The molecule has 0 spiro atoms. The molecule has 4 aromatic rings. The molecule has 0 unspecified atom stereocenters. The van der Waals surface area contributed by atoms with Gasteiger partial charge in [0, 0.05) is 29.1 Å². The highest BCUT2D eigenvalue weighted by Crippen LogP contribution is 2.69. The molecule has 0 radical (unpaired) electrons. The summed E-state index contributed by atoms with van der Waals surface area (Å²) in [6, 6.07) is 28.7. The summed E-state index contributed by atoms with van der Waals surface area (Å²) in [5.41, 5.74) is 4.29. The van der Waals surface area contributed by atoms with Crippen LogP contribution in [-0.4, -0.2) is 34.9 Å². The number of nitrogens with one attached hydrogen (secondary N) is 1. The molecule has 3 amide bonds. The number of imide groups is 1. The Balaban J connectivity index is 1.01. The van der Waals surface area contributed by atoms with Gasteiger partial charge < -0.3 is 5.32 Å². The van der Waals surface area contributed by atoms with Crippen molar-refractivity contribution in [1.29, 1.82) is 0 Å². The lowest BCUT2D eigenvalue weighted by molar-refractivity contribution is -0.140. The monoisotopic (exact) mass is 670 g/mol. The van der Waals surface area contributed by atoms with Crippen LogP contribution in [0.25, 0.3) is 0 Å². The maximum Gasteiger partial charge on any atom is 0.235 e. The summed E-state index contributed by atoms with van der Waals surface area (Å²) in [5, 5.41) is 3.24. The van der Waals surface area contributed by atoms with E-state index in [1.165, 1.54) is 4.90 Å². The van der Waals surface area contributed by atoms with Gasteiger partial charge in [-0.2, -0.15) is 0 Å². The van der Waals surface area contributed by atoms with Gasteiger partial charge in [0.1, 0.15) is 9.75 Å². The van der Waals surface area contributed by atoms with Gasteiger partial charge in [-0.25, -0.2) is 0 Å². The molecule has 9 heteroatoms. The van der Waals surface area contributed by atoms with Gasteiger partial charge in [0.2, 0.25) is 17.7 Å². The average molecular weight is 672 g/mol. The van der Waals surface area contributed by atoms with Crippen LogP contribution in [0.2, 0.25) is 5.02 Å². The number of carbonyl (C=O) groups excluding carboxylic acids is 4. The summed E-state index contributed by atoms with van der Waals surface area (Å²) in [4.78, 5) is 52.8. The fourth-order valence-corrected chi connectivity index (χ4v) is 8.72. The minimum absolute atomic E-state index is 0.203. The van der Waals surface area contributed by atoms with Crippen LogP contribution in [0.15, 0.2) is 97.1 Å². The Morgan fingerprint density at radius 1 is 0.696 bits per heavy atom. The van der Waals surface area contributed by atoms with E-state index in [1.807, 2.05) is 54.6 Å². The summed E-state index contributed by atoms with van der Waals surface area (Å²) in [7, 11) is 0. The van der Waals surface area contributed by atoms with E-state index in [0.29, 0.717) is 41.1 Å². The molecule has 2 atom stereocenters. The molecular weight excluding hydrogens is 643 g/mol. The van der Waals surface area contributed by atoms with Crippen LogP contribution in [0.4, 0.5) is 5.69 Å². The number of unbranched alkanes of at least 4 members (excludes halogenated alkanes) is 2. The Kier molecular flexibility index (Phi) is 7.79. The highest BCUT2D eigenvalue weighted by Gasteiger charge is 2.72. The van der Waals surface area contributed by atoms with Crippen LogP contribution in [-0.2, 0) is 24.1 Å². The molecule has 1 saturated heterocycles. The SMILES string of the molecule is O=C(CCCCCN1C(=O)[C@@H]2[C@H](C1=O)C1(Cl)c3ccccc3C2(Cl)c2ccccc21)Nc1ccc(Cl)cc1C(=O)c1ccccc1. The van der Waals surface area contributed by atoms with Gasteiger partial charge in [-0.15, -0.1) is 23.2 Å². The van der Waals surface area contributed by atoms with Crippen LogP contribution in [0, 0.1) is 11.8 Å². The van der Waals surface area contributed by atoms with Crippen LogP contribution in [0.1, 0.15) is 63.9 Å². The van der Waals surface area contributed by atoms with Gasteiger partial charge in [-0.1, -0.05) is 96.9 Å². The van der Waals surface area contributed by atoms with Gasteiger partial charge >= 0.3 is 0 Å². The van der Waals surface area contributed by atoms with Gasteiger partial charge in [0.15, 0.2) is 5.78 Å². The highest BCUT2D eigenvalue weighted by molar-refractivity contribution is 6.36. The topological polar surface area (TPSA) is 83.6 Å². The zero-order chi connectivity index (χ0) is 32.2. The molecule has 4 aliphatic rings. The second-order valence-corrected chi connectivity index (χ2v) is 13.7.